The molecule has 13 heavy (non-hydrogen) atoms. The van der Waals surface area contributed by atoms with Crippen molar-refractivity contribution in [2.24, 2.45) is 0 Å². The van der Waals surface area contributed by atoms with Crippen molar-refractivity contribution in [3.05, 3.63) is 35.2 Å². The van der Waals surface area contributed by atoms with Crippen molar-refractivity contribution in [3.63, 3.8) is 0 Å². The van der Waals surface area contributed by atoms with Crippen LogP contribution in [0.5, 0.6) is 0 Å². The normalized spacial score (nSPS) is 12.8. The maximum atomic E-state index is 5.16. The van der Waals surface area contributed by atoms with Crippen LogP contribution >= 0.6 is 15.9 Å². The van der Waals surface area contributed by atoms with Crippen LogP contribution in [0.1, 0.15) is 24.9 Å². The summed E-state index contributed by atoms with van der Waals surface area (Å²) < 4.78 is 5.93. The molecule has 1 rings (SSSR count). The second-order valence-electron chi connectivity index (χ2n) is 2.82. The first-order chi connectivity index (χ1) is 6.29. The lowest BCUT2D eigenvalue weighted by atomic mass is 10.1. The highest BCUT2D eigenvalue weighted by Crippen LogP contribution is 2.24. The summed E-state index contributed by atoms with van der Waals surface area (Å²) in [4.78, 5) is 0. The fourth-order valence-electron chi connectivity index (χ4n) is 1.15. The van der Waals surface area contributed by atoms with E-state index in [9.17, 15) is 0 Å². The molecule has 1 atom stereocenters. The average molecular weight is 244 g/mol. The topological polar surface area (TPSA) is 25.2 Å². The summed E-state index contributed by atoms with van der Waals surface area (Å²) in [7, 11) is 0. The second kappa shape index (κ2) is 5.25. The van der Waals surface area contributed by atoms with Crippen molar-refractivity contribution in [1.82, 2.24) is 5.32 Å². The molecule has 0 spiro atoms. The highest BCUT2D eigenvalue weighted by atomic mass is 79.9. The van der Waals surface area contributed by atoms with Crippen molar-refractivity contribution in [1.29, 1.82) is 0 Å². The molecule has 1 aromatic rings. The van der Waals surface area contributed by atoms with Crippen molar-refractivity contribution >= 4 is 15.9 Å². The first-order valence-corrected chi connectivity index (χ1v) is 5.17. The molecule has 2 nitrogen and oxygen atoms in total. The fourth-order valence-corrected chi connectivity index (χ4v) is 1.63. The summed E-state index contributed by atoms with van der Waals surface area (Å²) >= 11 is 3.35. The number of nitrogens with one attached hydrogen (secondary N) is 1. The van der Waals surface area contributed by atoms with Crippen LogP contribution in [-0.2, 0) is 0 Å². The molecule has 0 fully saturated rings. The molecular weight excluding hydrogens is 230 g/mol. The van der Waals surface area contributed by atoms with Crippen LogP contribution in [0.3, 0.4) is 0 Å². The standard InChI is InChI=1S/C10H14BrNO/c1-3-6-12-9(4-2)8-5-7-13-10(8)11/h4-5,7,9,12H,2-3,6H2,1H3. The van der Waals surface area contributed by atoms with Crippen LogP contribution in [0, 0.1) is 0 Å². The van der Waals surface area contributed by atoms with Crippen LogP contribution in [0.15, 0.2) is 34.1 Å². The van der Waals surface area contributed by atoms with Gasteiger partial charge < -0.3 is 9.73 Å². The summed E-state index contributed by atoms with van der Waals surface area (Å²) in [5, 5.41) is 3.35. The maximum absolute atomic E-state index is 5.16. The van der Waals surface area contributed by atoms with E-state index in [0.29, 0.717) is 0 Å². The zero-order chi connectivity index (χ0) is 9.68. The Hall–Kier alpha value is -0.540. The average Bonchev–Trinajstić information content (AvgIpc) is 2.54. The van der Waals surface area contributed by atoms with Gasteiger partial charge in [-0.2, -0.15) is 0 Å². The van der Waals surface area contributed by atoms with E-state index in [1.165, 1.54) is 0 Å². The third-order valence-corrected chi connectivity index (χ3v) is 2.48. The minimum absolute atomic E-state index is 0.174. The summed E-state index contributed by atoms with van der Waals surface area (Å²) in [6, 6.07) is 2.12. The summed E-state index contributed by atoms with van der Waals surface area (Å²) in [6.45, 7) is 6.90. The van der Waals surface area contributed by atoms with Gasteiger partial charge in [-0.25, -0.2) is 0 Å². The van der Waals surface area contributed by atoms with E-state index >= 15 is 0 Å². The van der Waals surface area contributed by atoms with Crippen molar-refractivity contribution in [3.8, 4) is 0 Å². The minimum Gasteiger partial charge on any atom is -0.457 e. The van der Waals surface area contributed by atoms with Gasteiger partial charge in [-0.1, -0.05) is 13.0 Å². The highest BCUT2D eigenvalue weighted by Gasteiger charge is 2.11. The minimum atomic E-state index is 0.174. The molecule has 0 radical (unpaired) electrons. The highest BCUT2D eigenvalue weighted by molar-refractivity contribution is 9.10. The lowest BCUT2D eigenvalue weighted by molar-refractivity contribution is 0.526. The van der Waals surface area contributed by atoms with Crippen LogP contribution in [0.25, 0.3) is 0 Å². The van der Waals surface area contributed by atoms with Crippen LogP contribution < -0.4 is 5.32 Å². The molecule has 1 unspecified atom stereocenters. The molecule has 0 saturated heterocycles. The van der Waals surface area contributed by atoms with Gasteiger partial charge in [0.05, 0.1) is 12.3 Å². The van der Waals surface area contributed by atoms with Gasteiger partial charge in [0, 0.05) is 5.56 Å². The molecule has 0 bridgehead atoms. The van der Waals surface area contributed by atoms with E-state index in [1.54, 1.807) is 6.26 Å². The number of rotatable bonds is 5. The molecule has 1 heterocycles. The predicted octanol–water partition coefficient (Wildman–Crippen LogP) is 3.27. The predicted molar refractivity (Wildman–Crippen MR) is 57.6 cm³/mol. The van der Waals surface area contributed by atoms with Crippen LogP contribution in [0.4, 0.5) is 0 Å². The van der Waals surface area contributed by atoms with E-state index in [2.05, 4.69) is 34.7 Å². The van der Waals surface area contributed by atoms with Gasteiger partial charge in [0.15, 0.2) is 4.67 Å². The van der Waals surface area contributed by atoms with Gasteiger partial charge in [0.1, 0.15) is 0 Å². The molecule has 0 aliphatic carbocycles. The van der Waals surface area contributed by atoms with E-state index < -0.39 is 0 Å². The molecule has 0 aliphatic heterocycles. The monoisotopic (exact) mass is 243 g/mol. The molecule has 0 aromatic carbocycles. The number of hydrogen-bond acceptors (Lipinski definition) is 2. The molecule has 72 valence electrons. The Morgan fingerprint density at radius 2 is 2.54 bits per heavy atom. The largest absolute Gasteiger partial charge is 0.457 e. The lowest BCUT2D eigenvalue weighted by Gasteiger charge is -2.12. The third-order valence-electron chi connectivity index (χ3n) is 1.83. The van der Waals surface area contributed by atoms with Gasteiger partial charge in [-0.15, -0.1) is 6.58 Å². The Balaban J connectivity index is 2.66. The van der Waals surface area contributed by atoms with Crippen molar-refractivity contribution in [2.45, 2.75) is 19.4 Å². The Morgan fingerprint density at radius 3 is 3.00 bits per heavy atom. The van der Waals surface area contributed by atoms with E-state index in [-0.39, 0.29) is 6.04 Å². The van der Waals surface area contributed by atoms with Crippen molar-refractivity contribution < 1.29 is 4.42 Å². The Bertz CT molecular complexity index is 270. The Morgan fingerprint density at radius 1 is 1.77 bits per heavy atom. The van der Waals surface area contributed by atoms with Gasteiger partial charge in [-0.3, -0.25) is 0 Å². The molecule has 0 aliphatic rings. The lowest BCUT2D eigenvalue weighted by Crippen LogP contribution is -2.19. The smallest absolute Gasteiger partial charge is 0.174 e. The third kappa shape index (κ3) is 2.71. The van der Waals surface area contributed by atoms with Gasteiger partial charge in [-0.05, 0) is 35.0 Å². The molecule has 0 amide bonds. The first-order valence-electron chi connectivity index (χ1n) is 4.38. The van der Waals surface area contributed by atoms with E-state index in [4.69, 9.17) is 4.42 Å². The zero-order valence-electron chi connectivity index (χ0n) is 7.72. The number of halogens is 1. The van der Waals surface area contributed by atoms with Gasteiger partial charge >= 0.3 is 0 Å². The van der Waals surface area contributed by atoms with Crippen LogP contribution in [-0.4, -0.2) is 6.54 Å². The van der Waals surface area contributed by atoms with E-state index in [0.717, 1.165) is 23.2 Å². The van der Waals surface area contributed by atoms with Crippen molar-refractivity contribution in [2.75, 3.05) is 6.54 Å². The van der Waals surface area contributed by atoms with Gasteiger partial charge in [0.2, 0.25) is 0 Å². The summed E-state index contributed by atoms with van der Waals surface area (Å²) in [5.74, 6) is 0. The van der Waals surface area contributed by atoms with Gasteiger partial charge in [0.25, 0.3) is 0 Å². The number of hydrogen-bond donors (Lipinski definition) is 1. The Labute approximate surface area is 87.1 Å². The molecule has 1 N–H and O–H groups in total. The van der Waals surface area contributed by atoms with E-state index in [1.807, 2.05) is 12.1 Å². The summed E-state index contributed by atoms with van der Waals surface area (Å²) in [6.07, 6.45) is 4.66. The second-order valence-corrected chi connectivity index (χ2v) is 3.54. The molecule has 0 saturated carbocycles. The molecule has 3 heteroatoms. The zero-order valence-corrected chi connectivity index (χ0v) is 9.30. The maximum Gasteiger partial charge on any atom is 0.174 e. The quantitative estimate of drug-likeness (QED) is 0.804. The fraction of sp³-hybridized carbons (Fsp3) is 0.400. The molecular formula is C10H14BrNO. The molecule has 1 aromatic heterocycles. The SMILES string of the molecule is C=CC(NCCC)c1ccoc1Br. The number of furan rings is 1. The van der Waals surface area contributed by atoms with Crippen LogP contribution in [0.2, 0.25) is 0 Å². The Kier molecular flexibility index (Phi) is 4.25. The first kappa shape index (κ1) is 10.5. The summed E-state index contributed by atoms with van der Waals surface area (Å²) in [5.41, 5.74) is 1.10.